The molecule has 3 atom stereocenters. The highest BCUT2D eigenvalue weighted by Crippen LogP contribution is 2.69. The molecule has 1 saturated carbocycles. The lowest BCUT2D eigenvalue weighted by Gasteiger charge is -2.32. The first-order chi connectivity index (χ1) is 36.0. The summed E-state index contributed by atoms with van der Waals surface area (Å²) in [4.78, 5) is 37.2. The number of hydrogen-bond donors (Lipinski definition) is 1. The molecule has 4 aliphatic rings. The molecule has 402 valence electrons. The van der Waals surface area contributed by atoms with E-state index in [1.807, 2.05) is 29.2 Å². The van der Waals surface area contributed by atoms with Gasteiger partial charge >= 0.3 is 18.3 Å². The normalized spacial score (nSPS) is 20.2. The van der Waals surface area contributed by atoms with Gasteiger partial charge in [-0.15, -0.1) is 0 Å². The molecule has 3 fully saturated rings. The third kappa shape index (κ3) is 9.93. The van der Waals surface area contributed by atoms with E-state index >= 15 is 17.6 Å². The summed E-state index contributed by atoms with van der Waals surface area (Å²) in [6.07, 6.45) is -3.10. The molecule has 21 heteroatoms. The number of ether oxygens (including phenoxy) is 5. The van der Waals surface area contributed by atoms with Crippen LogP contribution in [0.25, 0.3) is 22.2 Å². The van der Waals surface area contributed by atoms with Gasteiger partial charge in [-0.25, -0.2) is 27.9 Å². The number of benzene rings is 3. The van der Waals surface area contributed by atoms with Gasteiger partial charge in [0.25, 0.3) is 5.92 Å². The van der Waals surface area contributed by atoms with Crippen molar-refractivity contribution in [1.29, 1.82) is 0 Å². The van der Waals surface area contributed by atoms with Gasteiger partial charge in [-0.05, 0) is 114 Å². The number of rotatable bonds is 14. The summed E-state index contributed by atoms with van der Waals surface area (Å²) in [5.74, 6) is -2.83. The Morgan fingerprint density at radius 2 is 1.61 bits per heavy atom. The van der Waals surface area contributed by atoms with Crippen molar-refractivity contribution in [3.63, 3.8) is 0 Å². The maximum Gasteiger partial charge on any atom is 0.418 e. The molecule has 6 aromatic rings. The molecule has 3 aromatic carbocycles. The average molecular weight is 1080 g/mol. The Morgan fingerprint density at radius 3 is 2.21 bits per heavy atom. The van der Waals surface area contributed by atoms with Crippen LogP contribution in [0.15, 0.2) is 72.9 Å². The molecule has 1 amide bonds. The molecular formula is C55H57ClF6N8O6. The van der Waals surface area contributed by atoms with E-state index < -0.39 is 74.0 Å². The van der Waals surface area contributed by atoms with E-state index in [1.54, 1.807) is 73.9 Å². The van der Waals surface area contributed by atoms with Crippen LogP contribution in [-0.2, 0) is 24.0 Å². The van der Waals surface area contributed by atoms with E-state index in [0.717, 1.165) is 17.5 Å². The summed E-state index contributed by atoms with van der Waals surface area (Å²) in [5, 5.41) is 2.13. The van der Waals surface area contributed by atoms with Gasteiger partial charge in [0.1, 0.15) is 53.3 Å². The van der Waals surface area contributed by atoms with Gasteiger partial charge in [0.05, 0.1) is 65.0 Å². The lowest BCUT2D eigenvalue weighted by Crippen LogP contribution is -2.43. The molecule has 6 heterocycles. The second-order valence-corrected chi connectivity index (χ2v) is 21.5. The van der Waals surface area contributed by atoms with Crippen LogP contribution in [0.1, 0.15) is 87.2 Å². The van der Waals surface area contributed by atoms with Crippen molar-refractivity contribution in [3.05, 3.63) is 112 Å². The van der Waals surface area contributed by atoms with Crippen molar-refractivity contribution in [2.75, 3.05) is 62.2 Å². The standard InChI is InChI=1S/C55H57ClF6N8O6/c1-31-24-38(68(25-33-11-15-35(72-6)16-12-33)26-34-13-17-36(73-7)18-14-34)64-44(41(31)55(60,61)62)39-42(56)46-40-45(43(39)57)65-49(75-30-53-19-9-21-69(53)29-52(27-53)28-54(52,58)59)67-48(40)70(22-23-74-46)32(2)37-10-8-20-63-47(37)66-50(71)76-51(3,4)5/h8,10-18,20,24,32H,9,19,21-23,25-30H2,1-7H3,(H,63,66,71)/t32-,52-,53+/m1/s1. The SMILES string of the molecule is COc1ccc(CN(Cc2ccc(OC)cc2)c2cc(C)c(C(F)(F)F)c(-c3c(Cl)c4c5c(nc(OC[C@@]67CCCN6C[C@]6(CC6(F)F)C7)nc5c3F)N([C@H](C)c3cccnc3NC(=O)OC(C)(C)C)CCO4)n2)cc1. The number of methoxy groups -OCH3 is 2. The predicted octanol–water partition coefficient (Wildman–Crippen LogP) is 12.4. The van der Waals surface area contributed by atoms with Crippen LogP contribution >= 0.6 is 11.6 Å². The maximum absolute atomic E-state index is 18.4. The van der Waals surface area contributed by atoms with E-state index in [9.17, 15) is 13.6 Å². The number of carbonyl (C=O) groups excluding carboxylic acids is 1. The third-order valence-electron chi connectivity index (χ3n) is 14.9. The largest absolute Gasteiger partial charge is 0.497 e. The quantitative estimate of drug-likeness (QED) is 0.104. The van der Waals surface area contributed by atoms with Crippen LogP contribution in [0.3, 0.4) is 0 Å². The molecule has 2 saturated heterocycles. The number of anilines is 3. The lowest BCUT2D eigenvalue weighted by atomic mass is 9.89. The molecule has 3 aromatic heterocycles. The number of alkyl halides is 5. The Bertz CT molecular complexity index is 3150. The minimum absolute atomic E-state index is 0.0379. The molecule has 76 heavy (non-hydrogen) atoms. The number of aromatic nitrogens is 4. The van der Waals surface area contributed by atoms with Crippen molar-refractivity contribution in [2.45, 2.75) is 103 Å². The molecule has 1 aliphatic carbocycles. The van der Waals surface area contributed by atoms with Gasteiger partial charge in [0.15, 0.2) is 11.6 Å². The number of nitrogens with zero attached hydrogens (tertiary/aromatic N) is 7. The van der Waals surface area contributed by atoms with E-state index in [2.05, 4.69) is 20.3 Å². The first kappa shape index (κ1) is 52.6. The Balaban J connectivity index is 1.14. The van der Waals surface area contributed by atoms with Gasteiger partial charge in [-0.1, -0.05) is 41.9 Å². The minimum Gasteiger partial charge on any atom is -0.497 e. The Kier molecular flexibility index (Phi) is 13.6. The zero-order valence-electron chi connectivity index (χ0n) is 43.0. The van der Waals surface area contributed by atoms with Gasteiger partial charge in [-0.3, -0.25) is 10.2 Å². The fourth-order valence-electron chi connectivity index (χ4n) is 11.1. The molecule has 1 N–H and O–H groups in total. The van der Waals surface area contributed by atoms with E-state index in [1.165, 1.54) is 33.4 Å². The number of fused-ring (bicyclic) bond motifs is 1. The number of amides is 1. The number of aryl methyl sites for hydroxylation is 1. The van der Waals surface area contributed by atoms with E-state index in [4.69, 9.17) is 40.3 Å². The number of halogens is 7. The monoisotopic (exact) mass is 1070 g/mol. The minimum atomic E-state index is -5.07. The molecule has 0 radical (unpaired) electrons. The van der Waals surface area contributed by atoms with Crippen LogP contribution in [0, 0.1) is 18.2 Å². The topological polar surface area (TPSA) is 137 Å². The van der Waals surface area contributed by atoms with E-state index in [-0.39, 0.29) is 92.4 Å². The second kappa shape index (κ2) is 19.6. The summed E-state index contributed by atoms with van der Waals surface area (Å²) < 4.78 is 124. The Morgan fingerprint density at radius 1 is 0.947 bits per heavy atom. The number of carbonyl (C=O) groups is 1. The molecule has 0 unspecified atom stereocenters. The zero-order valence-corrected chi connectivity index (χ0v) is 43.8. The first-order valence-corrected chi connectivity index (χ1v) is 25.3. The average Bonchev–Trinajstić information content (AvgIpc) is 3.79. The van der Waals surface area contributed by atoms with Gasteiger partial charge in [0.2, 0.25) is 0 Å². The molecule has 14 nitrogen and oxygen atoms in total. The smallest absolute Gasteiger partial charge is 0.418 e. The van der Waals surface area contributed by atoms with Crippen molar-refractivity contribution >= 4 is 46.1 Å². The van der Waals surface area contributed by atoms with Crippen LogP contribution in [0.2, 0.25) is 5.02 Å². The molecule has 10 rings (SSSR count). The molecule has 0 bridgehead atoms. The van der Waals surface area contributed by atoms with Crippen LogP contribution < -0.4 is 34.1 Å². The highest BCUT2D eigenvalue weighted by Gasteiger charge is 2.77. The van der Waals surface area contributed by atoms with Crippen LogP contribution in [-0.4, -0.2) is 95.1 Å². The van der Waals surface area contributed by atoms with Crippen LogP contribution in [0.5, 0.6) is 23.3 Å². The van der Waals surface area contributed by atoms with Gasteiger partial charge < -0.3 is 33.5 Å². The summed E-state index contributed by atoms with van der Waals surface area (Å²) in [6, 6.07) is 18.0. The zero-order chi connectivity index (χ0) is 54.1. The Labute approximate surface area is 440 Å². The molecular weight excluding hydrogens is 1020 g/mol. The lowest BCUT2D eigenvalue weighted by molar-refractivity contribution is -0.137. The summed E-state index contributed by atoms with van der Waals surface area (Å²) in [5.41, 5.74) is -4.30. The second-order valence-electron chi connectivity index (χ2n) is 21.1. The number of nitrogens with one attached hydrogen (secondary N) is 1. The van der Waals surface area contributed by atoms with Gasteiger partial charge in [0, 0.05) is 37.8 Å². The van der Waals surface area contributed by atoms with Crippen molar-refractivity contribution in [3.8, 4) is 34.5 Å². The highest BCUT2D eigenvalue weighted by atomic mass is 35.5. The Hall–Kier alpha value is -6.80. The summed E-state index contributed by atoms with van der Waals surface area (Å²) in [6.45, 7) is 9.10. The van der Waals surface area contributed by atoms with Crippen LogP contribution in [0.4, 0.5) is 48.6 Å². The van der Waals surface area contributed by atoms with E-state index in [0.29, 0.717) is 30.0 Å². The molecule has 3 aliphatic heterocycles. The fourth-order valence-corrected chi connectivity index (χ4v) is 11.5. The van der Waals surface area contributed by atoms with Gasteiger partial charge in [-0.2, -0.15) is 23.1 Å². The third-order valence-corrected chi connectivity index (χ3v) is 15.2. The predicted molar refractivity (Wildman–Crippen MR) is 274 cm³/mol. The van der Waals surface area contributed by atoms with Crippen molar-refractivity contribution in [1.82, 2.24) is 24.8 Å². The first-order valence-electron chi connectivity index (χ1n) is 25.0. The highest BCUT2D eigenvalue weighted by molar-refractivity contribution is 6.36. The summed E-state index contributed by atoms with van der Waals surface area (Å²) in [7, 11) is 3.07. The number of pyridine rings is 2. The van der Waals surface area contributed by atoms with Crippen molar-refractivity contribution < 1.29 is 54.8 Å². The van der Waals surface area contributed by atoms with Crippen molar-refractivity contribution in [2.24, 2.45) is 5.41 Å². The summed E-state index contributed by atoms with van der Waals surface area (Å²) >= 11 is 7.26. The number of hydrogen-bond acceptors (Lipinski definition) is 13. The molecule has 1 spiro atoms. The fraction of sp³-hybridized carbons (Fsp3) is 0.436. The maximum atomic E-state index is 18.4.